The lowest BCUT2D eigenvalue weighted by Gasteiger charge is -2.19. The number of carbonyl (C=O) groups is 1. The zero-order valence-electron chi connectivity index (χ0n) is 13.8. The van der Waals surface area contributed by atoms with Gasteiger partial charge in [-0.1, -0.05) is 12.1 Å². The molecular weight excluding hydrogens is 313 g/mol. The number of rotatable bonds is 6. The van der Waals surface area contributed by atoms with E-state index in [-0.39, 0.29) is 17.4 Å². The molecule has 0 aliphatic heterocycles. The molecule has 1 aromatic heterocycles. The molecule has 2 rings (SSSR count). The summed E-state index contributed by atoms with van der Waals surface area (Å²) < 4.78 is 14.4. The van der Waals surface area contributed by atoms with E-state index in [1.807, 2.05) is 0 Å². The van der Waals surface area contributed by atoms with E-state index in [0.29, 0.717) is 24.4 Å². The van der Waals surface area contributed by atoms with Gasteiger partial charge >= 0.3 is 0 Å². The van der Waals surface area contributed by atoms with Crippen LogP contribution in [0.2, 0.25) is 0 Å². The minimum Gasteiger partial charge on any atom is -0.393 e. The van der Waals surface area contributed by atoms with Gasteiger partial charge in [-0.15, -0.1) is 5.10 Å². The van der Waals surface area contributed by atoms with Crippen molar-refractivity contribution < 1.29 is 14.3 Å². The SMILES string of the molecule is Cc1nnnn1/C(=C\c1ccc(F)cc1)C(=O)N(C)CCC(C)O. The summed E-state index contributed by atoms with van der Waals surface area (Å²) >= 11 is 0. The van der Waals surface area contributed by atoms with Crippen LogP contribution in [0.1, 0.15) is 24.7 Å². The van der Waals surface area contributed by atoms with Gasteiger partial charge in [-0.05, 0) is 54.5 Å². The van der Waals surface area contributed by atoms with Crippen LogP contribution in [0.5, 0.6) is 0 Å². The van der Waals surface area contributed by atoms with Crippen molar-refractivity contribution in [2.75, 3.05) is 13.6 Å². The molecule has 0 aliphatic carbocycles. The molecule has 0 radical (unpaired) electrons. The van der Waals surface area contributed by atoms with Crippen LogP contribution in [0, 0.1) is 12.7 Å². The molecule has 0 aliphatic rings. The van der Waals surface area contributed by atoms with Crippen LogP contribution >= 0.6 is 0 Å². The fourth-order valence-corrected chi connectivity index (χ4v) is 2.06. The van der Waals surface area contributed by atoms with Gasteiger partial charge < -0.3 is 10.0 Å². The van der Waals surface area contributed by atoms with Crippen LogP contribution in [-0.4, -0.2) is 55.8 Å². The number of halogens is 1. The van der Waals surface area contributed by atoms with Gasteiger partial charge in [0, 0.05) is 13.6 Å². The van der Waals surface area contributed by atoms with E-state index >= 15 is 0 Å². The number of aliphatic hydroxyl groups is 1. The fraction of sp³-hybridized carbons (Fsp3) is 0.375. The van der Waals surface area contributed by atoms with Gasteiger partial charge in [0.15, 0.2) is 5.82 Å². The topological polar surface area (TPSA) is 84.1 Å². The number of tetrazole rings is 1. The van der Waals surface area contributed by atoms with Crippen molar-refractivity contribution in [1.82, 2.24) is 25.1 Å². The highest BCUT2D eigenvalue weighted by Gasteiger charge is 2.20. The molecule has 1 heterocycles. The maximum atomic E-state index is 13.1. The monoisotopic (exact) mass is 333 g/mol. The Morgan fingerprint density at radius 3 is 2.62 bits per heavy atom. The zero-order chi connectivity index (χ0) is 17.7. The lowest BCUT2D eigenvalue weighted by Crippen LogP contribution is -2.32. The second-order valence-electron chi connectivity index (χ2n) is 5.58. The second kappa shape index (κ2) is 7.78. The van der Waals surface area contributed by atoms with E-state index in [4.69, 9.17) is 0 Å². The highest BCUT2D eigenvalue weighted by atomic mass is 19.1. The van der Waals surface area contributed by atoms with E-state index in [0.717, 1.165) is 0 Å². The highest BCUT2D eigenvalue weighted by molar-refractivity contribution is 6.18. The van der Waals surface area contributed by atoms with E-state index in [2.05, 4.69) is 15.5 Å². The first-order valence-corrected chi connectivity index (χ1v) is 7.54. The number of benzene rings is 1. The fourth-order valence-electron chi connectivity index (χ4n) is 2.06. The molecule has 0 fully saturated rings. The Morgan fingerprint density at radius 1 is 1.42 bits per heavy atom. The predicted molar refractivity (Wildman–Crippen MR) is 87.1 cm³/mol. The third-order valence-electron chi connectivity index (χ3n) is 3.48. The molecule has 8 heteroatoms. The van der Waals surface area contributed by atoms with Crippen molar-refractivity contribution in [3.63, 3.8) is 0 Å². The summed E-state index contributed by atoms with van der Waals surface area (Å²) in [7, 11) is 1.64. The molecule has 0 saturated carbocycles. The van der Waals surface area contributed by atoms with Crippen LogP contribution < -0.4 is 0 Å². The third kappa shape index (κ3) is 4.45. The number of amides is 1. The first-order valence-electron chi connectivity index (χ1n) is 7.54. The Morgan fingerprint density at radius 2 is 2.08 bits per heavy atom. The smallest absolute Gasteiger partial charge is 0.272 e. The molecule has 0 saturated heterocycles. The van der Waals surface area contributed by atoms with Crippen LogP contribution in [0.25, 0.3) is 11.8 Å². The summed E-state index contributed by atoms with van der Waals surface area (Å²) in [6.45, 7) is 3.74. The van der Waals surface area contributed by atoms with E-state index in [9.17, 15) is 14.3 Å². The summed E-state index contributed by atoms with van der Waals surface area (Å²) in [6, 6.07) is 5.77. The summed E-state index contributed by atoms with van der Waals surface area (Å²) in [4.78, 5) is 14.3. The minimum absolute atomic E-state index is 0.247. The highest BCUT2D eigenvalue weighted by Crippen LogP contribution is 2.15. The lowest BCUT2D eigenvalue weighted by molar-refractivity contribution is -0.124. The molecule has 128 valence electrons. The van der Waals surface area contributed by atoms with E-state index < -0.39 is 6.10 Å². The van der Waals surface area contributed by atoms with Gasteiger partial charge in [-0.25, -0.2) is 4.39 Å². The van der Waals surface area contributed by atoms with E-state index in [1.54, 1.807) is 39.1 Å². The second-order valence-corrected chi connectivity index (χ2v) is 5.58. The predicted octanol–water partition coefficient (Wildman–Crippen LogP) is 1.35. The van der Waals surface area contributed by atoms with Crippen molar-refractivity contribution in [2.24, 2.45) is 0 Å². The molecule has 0 bridgehead atoms. The standard InChI is InChI=1S/C16H20FN5O2/c1-11(23)8-9-21(3)16(24)15(22-12(2)18-19-20-22)10-13-4-6-14(17)7-5-13/h4-7,10-11,23H,8-9H2,1-3H3/b15-10-. The first kappa shape index (κ1) is 17.7. The van der Waals surface area contributed by atoms with Crippen LogP contribution in [0.3, 0.4) is 0 Å². The Bertz CT molecular complexity index is 724. The largest absolute Gasteiger partial charge is 0.393 e. The maximum Gasteiger partial charge on any atom is 0.272 e. The summed E-state index contributed by atoms with van der Waals surface area (Å²) in [6.07, 6.45) is 1.56. The van der Waals surface area contributed by atoms with E-state index in [1.165, 1.54) is 21.7 Å². The first-order chi connectivity index (χ1) is 11.4. The average Bonchev–Trinajstić information content (AvgIpc) is 2.97. The quantitative estimate of drug-likeness (QED) is 0.807. The van der Waals surface area contributed by atoms with Crippen LogP contribution in [0.4, 0.5) is 4.39 Å². The number of aryl methyl sites for hydroxylation is 1. The molecular formula is C16H20FN5O2. The molecule has 7 nitrogen and oxygen atoms in total. The Balaban J connectivity index is 2.35. The van der Waals surface area contributed by atoms with Gasteiger partial charge in [-0.3, -0.25) is 4.79 Å². The number of likely N-dealkylation sites (N-methyl/N-ethyl adjacent to an activating group) is 1. The molecule has 1 atom stereocenters. The van der Waals surface area contributed by atoms with Crippen molar-refractivity contribution in [1.29, 1.82) is 0 Å². The molecule has 1 N–H and O–H groups in total. The number of nitrogens with zero attached hydrogens (tertiary/aromatic N) is 5. The Labute approximate surface area is 139 Å². The molecule has 1 aromatic carbocycles. The molecule has 24 heavy (non-hydrogen) atoms. The lowest BCUT2D eigenvalue weighted by atomic mass is 10.1. The van der Waals surface area contributed by atoms with Gasteiger partial charge in [0.1, 0.15) is 11.5 Å². The van der Waals surface area contributed by atoms with Crippen LogP contribution in [-0.2, 0) is 4.79 Å². The summed E-state index contributed by atoms with van der Waals surface area (Å²) in [5.41, 5.74) is 0.899. The van der Waals surface area contributed by atoms with Crippen LogP contribution in [0.15, 0.2) is 24.3 Å². The number of hydrogen-bond acceptors (Lipinski definition) is 5. The number of aliphatic hydroxyl groups excluding tert-OH is 1. The number of aromatic nitrogens is 4. The average molecular weight is 333 g/mol. The minimum atomic E-state index is -0.500. The summed E-state index contributed by atoms with van der Waals surface area (Å²) in [5, 5.41) is 20.6. The Kier molecular flexibility index (Phi) is 5.75. The zero-order valence-corrected chi connectivity index (χ0v) is 13.8. The van der Waals surface area contributed by atoms with Crippen molar-refractivity contribution in [2.45, 2.75) is 26.4 Å². The van der Waals surface area contributed by atoms with Gasteiger partial charge in [-0.2, -0.15) is 4.68 Å². The summed E-state index contributed by atoms with van der Waals surface area (Å²) in [5.74, 6) is -0.191. The number of carbonyl (C=O) groups excluding carboxylic acids is 1. The normalized spacial score (nSPS) is 13.0. The Hall–Kier alpha value is -2.61. The number of hydrogen-bond donors (Lipinski definition) is 1. The molecule has 2 aromatic rings. The third-order valence-corrected chi connectivity index (χ3v) is 3.48. The van der Waals surface area contributed by atoms with Gasteiger partial charge in [0.25, 0.3) is 5.91 Å². The molecule has 1 unspecified atom stereocenters. The van der Waals surface area contributed by atoms with Gasteiger partial charge in [0.05, 0.1) is 6.10 Å². The van der Waals surface area contributed by atoms with Crippen molar-refractivity contribution in [3.8, 4) is 0 Å². The molecule has 0 spiro atoms. The molecule has 1 amide bonds. The van der Waals surface area contributed by atoms with Crippen molar-refractivity contribution in [3.05, 3.63) is 41.5 Å². The van der Waals surface area contributed by atoms with Gasteiger partial charge in [0.2, 0.25) is 0 Å². The maximum absolute atomic E-state index is 13.1. The van der Waals surface area contributed by atoms with Crippen molar-refractivity contribution >= 4 is 17.7 Å².